The summed E-state index contributed by atoms with van der Waals surface area (Å²) in [5, 5.41) is 7.15. The highest BCUT2D eigenvalue weighted by Gasteiger charge is 2.17. The van der Waals surface area contributed by atoms with Gasteiger partial charge in [0.15, 0.2) is 0 Å². The number of anilines is 2. The number of nitrogens with one attached hydrogen (secondary N) is 2. The number of hydrogen-bond acceptors (Lipinski definition) is 5. The zero-order chi connectivity index (χ0) is 24.4. The molecule has 2 heterocycles. The minimum absolute atomic E-state index is 0.118. The standard InChI is InChI=1S/C25H24N4O4S/c1-15-7-8-18(11-16(15)2)13-29-24(32)23-21(9-10-34-23)28(25(29)33)14-22(31)27-20-6-4-5-19(12-20)26-17(3)30/h4-12H,13-14H2,1-3H3,(H,26,30)(H,27,31). The van der Waals surface area contributed by atoms with Gasteiger partial charge in [-0.3, -0.25) is 23.5 Å². The predicted molar refractivity (Wildman–Crippen MR) is 135 cm³/mol. The molecule has 174 valence electrons. The van der Waals surface area contributed by atoms with E-state index in [2.05, 4.69) is 10.6 Å². The van der Waals surface area contributed by atoms with Crippen molar-refractivity contribution in [1.82, 2.24) is 9.13 Å². The number of rotatable bonds is 6. The Morgan fingerprint density at radius 3 is 2.35 bits per heavy atom. The Kier molecular flexibility index (Phi) is 6.47. The molecule has 0 bridgehead atoms. The zero-order valence-corrected chi connectivity index (χ0v) is 19.9. The van der Waals surface area contributed by atoms with Gasteiger partial charge in [0, 0.05) is 18.3 Å². The first-order valence-corrected chi connectivity index (χ1v) is 11.6. The molecule has 2 amide bonds. The lowest BCUT2D eigenvalue weighted by molar-refractivity contribution is -0.117. The molecule has 0 aliphatic heterocycles. The summed E-state index contributed by atoms with van der Waals surface area (Å²) in [5.41, 5.74) is 3.58. The van der Waals surface area contributed by atoms with E-state index in [1.807, 2.05) is 32.0 Å². The van der Waals surface area contributed by atoms with E-state index in [9.17, 15) is 19.2 Å². The van der Waals surface area contributed by atoms with Gasteiger partial charge in [-0.05, 0) is 60.2 Å². The van der Waals surface area contributed by atoms with Crippen LogP contribution in [0.15, 0.2) is 63.5 Å². The van der Waals surface area contributed by atoms with Gasteiger partial charge < -0.3 is 10.6 Å². The van der Waals surface area contributed by atoms with Crippen molar-refractivity contribution in [2.45, 2.75) is 33.9 Å². The quantitative estimate of drug-likeness (QED) is 0.445. The smallest absolute Gasteiger partial charge is 0.326 e. The SMILES string of the molecule is CC(=O)Nc1cccc(NC(=O)Cn2c(=O)n(Cc3ccc(C)c(C)c3)c(=O)c3sccc32)c1. The molecule has 0 saturated heterocycles. The van der Waals surface area contributed by atoms with Gasteiger partial charge in [0.2, 0.25) is 11.8 Å². The number of hydrogen-bond donors (Lipinski definition) is 2. The van der Waals surface area contributed by atoms with E-state index in [1.54, 1.807) is 35.7 Å². The summed E-state index contributed by atoms with van der Waals surface area (Å²) in [7, 11) is 0. The fraction of sp³-hybridized carbons (Fsp3) is 0.200. The van der Waals surface area contributed by atoms with Crippen molar-refractivity contribution in [3.8, 4) is 0 Å². The molecule has 9 heteroatoms. The van der Waals surface area contributed by atoms with E-state index < -0.39 is 11.6 Å². The number of nitrogens with zero attached hydrogens (tertiary/aromatic N) is 2. The number of aromatic nitrogens is 2. The van der Waals surface area contributed by atoms with Gasteiger partial charge in [-0.1, -0.05) is 24.3 Å². The van der Waals surface area contributed by atoms with Crippen LogP contribution in [-0.2, 0) is 22.7 Å². The van der Waals surface area contributed by atoms with Crippen LogP contribution >= 0.6 is 11.3 Å². The molecular formula is C25H24N4O4S. The number of aryl methyl sites for hydroxylation is 2. The third-order valence-corrected chi connectivity index (χ3v) is 6.41. The third kappa shape index (κ3) is 4.84. The largest absolute Gasteiger partial charge is 0.332 e. The van der Waals surface area contributed by atoms with Gasteiger partial charge in [0.1, 0.15) is 11.2 Å². The minimum atomic E-state index is -0.545. The number of amides is 2. The van der Waals surface area contributed by atoms with E-state index in [4.69, 9.17) is 0 Å². The summed E-state index contributed by atoms with van der Waals surface area (Å²) in [4.78, 5) is 50.5. The average molecular weight is 477 g/mol. The van der Waals surface area contributed by atoms with E-state index >= 15 is 0 Å². The van der Waals surface area contributed by atoms with Crippen molar-refractivity contribution < 1.29 is 9.59 Å². The lowest BCUT2D eigenvalue weighted by atomic mass is 10.1. The van der Waals surface area contributed by atoms with E-state index in [0.717, 1.165) is 16.7 Å². The van der Waals surface area contributed by atoms with Crippen molar-refractivity contribution in [1.29, 1.82) is 0 Å². The molecule has 0 atom stereocenters. The van der Waals surface area contributed by atoms with Crippen LogP contribution < -0.4 is 21.9 Å². The van der Waals surface area contributed by atoms with Crippen molar-refractivity contribution in [3.05, 3.63) is 91.4 Å². The maximum atomic E-state index is 13.3. The maximum absolute atomic E-state index is 13.3. The first-order chi connectivity index (χ1) is 16.2. The molecule has 0 aliphatic rings. The van der Waals surface area contributed by atoms with Crippen LogP contribution in [-0.4, -0.2) is 20.9 Å². The second-order valence-corrected chi connectivity index (χ2v) is 9.04. The second-order valence-electron chi connectivity index (χ2n) is 8.12. The topological polar surface area (TPSA) is 102 Å². The summed E-state index contributed by atoms with van der Waals surface area (Å²) in [6, 6.07) is 14.2. The zero-order valence-electron chi connectivity index (χ0n) is 19.0. The first kappa shape index (κ1) is 23.2. The van der Waals surface area contributed by atoms with Crippen molar-refractivity contribution >= 4 is 44.7 Å². The molecule has 2 aromatic carbocycles. The second kappa shape index (κ2) is 9.48. The molecule has 4 rings (SSSR count). The Labute approximate surface area is 199 Å². The normalized spacial score (nSPS) is 10.9. The maximum Gasteiger partial charge on any atom is 0.332 e. The fourth-order valence-corrected chi connectivity index (χ4v) is 4.58. The molecule has 4 aromatic rings. The van der Waals surface area contributed by atoms with Crippen molar-refractivity contribution in [3.63, 3.8) is 0 Å². The van der Waals surface area contributed by atoms with Crippen LogP contribution in [0.5, 0.6) is 0 Å². The van der Waals surface area contributed by atoms with Gasteiger partial charge in [0.05, 0.1) is 12.1 Å². The Morgan fingerprint density at radius 2 is 1.65 bits per heavy atom. The van der Waals surface area contributed by atoms with Crippen LogP contribution in [0.4, 0.5) is 11.4 Å². The molecule has 2 N–H and O–H groups in total. The Hall–Kier alpha value is -3.98. The van der Waals surface area contributed by atoms with E-state index in [0.29, 0.717) is 21.6 Å². The molecule has 0 aliphatic carbocycles. The molecule has 0 unspecified atom stereocenters. The summed E-state index contributed by atoms with van der Waals surface area (Å²) in [6.45, 7) is 5.24. The van der Waals surface area contributed by atoms with Crippen LogP contribution in [0.2, 0.25) is 0 Å². The molecule has 0 fully saturated rings. The molecule has 8 nitrogen and oxygen atoms in total. The molecular weight excluding hydrogens is 452 g/mol. The number of benzene rings is 2. The van der Waals surface area contributed by atoms with E-state index in [1.165, 1.54) is 27.4 Å². The summed E-state index contributed by atoms with van der Waals surface area (Å²) in [6.07, 6.45) is 0. The summed E-state index contributed by atoms with van der Waals surface area (Å²) in [5.74, 6) is -0.646. The average Bonchev–Trinajstić information content (AvgIpc) is 3.26. The first-order valence-electron chi connectivity index (χ1n) is 10.7. The van der Waals surface area contributed by atoms with Crippen molar-refractivity contribution in [2.75, 3.05) is 10.6 Å². The predicted octanol–water partition coefficient (Wildman–Crippen LogP) is 3.49. The highest BCUT2D eigenvalue weighted by Crippen LogP contribution is 2.18. The van der Waals surface area contributed by atoms with Gasteiger partial charge in [-0.2, -0.15) is 0 Å². The summed E-state index contributed by atoms with van der Waals surface area (Å²) < 4.78 is 2.92. The van der Waals surface area contributed by atoms with Crippen LogP contribution in [0.25, 0.3) is 10.2 Å². The van der Waals surface area contributed by atoms with Crippen LogP contribution in [0.1, 0.15) is 23.6 Å². The molecule has 0 saturated carbocycles. The number of carbonyl (C=O) groups is 2. The molecule has 2 aromatic heterocycles. The Morgan fingerprint density at radius 1 is 0.912 bits per heavy atom. The Balaban J connectivity index is 1.66. The highest BCUT2D eigenvalue weighted by molar-refractivity contribution is 7.17. The van der Waals surface area contributed by atoms with Gasteiger partial charge in [-0.25, -0.2) is 4.79 Å². The van der Waals surface area contributed by atoms with Gasteiger partial charge in [-0.15, -0.1) is 11.3 Å². The van der Waals surface area contributed by atoms with Gasteiger partial charge >= 0.3 is 5.69 Å². The van der Waals surface area contributed by atoms with Crippen LogP contribution in [0, 0.1) is 13.8 Å². The molecule has 34 heavy (non-hydrogen) atoms. The number of thiophene rings is 1. The highest BCUT2D eigenvalue weighted by atomic mass is 32.1. The van der Waals surface area contributed by atoms with Crippen molar-refractivity contribution in [2.24, 2.45) is 0 Å². The fourth-order valence-electron chi connectivity index (χ4n) is 3.73. The third-order valence-electron chi connectivity index (χ3n) is 5.52. The summed E-state index contributed by atoms with van der Waals surface area (Å²) >= 11 is 1.24. The minimum Gasteiger partial charge on any atom is -0.326 e. The lowest BCUT2D eigenvalue weighted by Gasteiger charge is -2.13. The molecule has 0 radical (unpaired) electrons. The van der Waals surface area contributed by atoms with E-state index in [-0.39, 0.29) is 24.6 Å². The van der Waals surface area contributed by atoms with Crippen LogP contribution in [0.3, 0.4) is 0 Å². The molecule has 0 spiro atoms. The monoisotopic (exact) mass is 476 g/mol. The Bertz CT molecular complexity index is 1530. The number of fused-ring (bicyclic) bond motifs is 1. The lowest BCUT2D eigenvalue weighted by Crippen LogP contribution is -2.41. The number of carbonyl (C=O) groups excluding carboxylic acids is 2. The van der Waals surface area contributed by atoms with Gasteiger partial charge in [0.25, 0.3) is 5.56 Å².